The summed E-state index contributed by atoms with van der Waals surface area (Å²) >= 11 is 0. The molecule has 6 nitrogen and oxygen atoms in total. The molecule has 7 heteroatoms. The fraction of sp³-hybridized carbons (Fsp3) is 0.364. The first kappa shape index (κ1) is 19.2. The Kier molecular flexibility index (Phi) is 5.64. The van der Waals surface area contributed by atoms with E-state index in [1.54, 1.807) is 36.4 Å². The van der Waals surface area contributed by atoms with Crippen molar-refractivity contribution in [2.45, 2.75) is 32.2 Å². The molecule has 2 aromatic carbocycles. The molecule has 0 spiro atoms. The van der Waals surface area contributed by atoms with Gasteiger partial charge in [-0.1, -0.05) is 18.2 Å². The molecule has 0 bridgehead atoms. The highest BCUT2D eigenvalue weighted by Crippen LogP contribution is 2.35. The van der Waals surface area contributed by atoms with E-state index in [0.29, 0.717) is 48.4 Å². The van der Waals surface area contributed by atoms with E-state index in [9.17, 15) is 14.0 Å². The minimum atomic E-state index is -0.323. The molecule has 0 atom stereocenters. The van der Waals surface area contributed by atoms with E-state index in [-0.39, 0.29) is 42.8 Å². The standard InChI is InChI=1S/C22H23FN2O4/c23-18-4-2-1-3-16(18)12-24-21(26)14-5-7-15(8-6-14)22(27)25-17-9-10-19-20(11-17)29-13-28-19/h1-4,9-11,14-15H,5-8,12-13H2,(H,24,26)(H,25,27). The average Bonchev–Trinajstić information content (AvgIpc) is 3.21. The number of ether oxygens (including phenoxy) is 2. The van der Waals surface area contributed by atoms with Gasteiger partial charge in [0, 0.05) is 35.7 Å². The van der Waals surface area contributed by atoms with Gasteiger partial charge in [0.25, 0.3) is 0 Å². The van der Waals surface area contributed by atoms with Gasteiger partial charge in [-0.3, -0.25) is 9.59 Å². The molecule has 1 saturated carbocycles. The van der Waals surface area contributed by atoms with Crippen molar-refractivity contribution in [1.29, 1.82) is 0 Å². The molecule has 0 aromatic heterocycles. The normalized spacial score (nSPS) is 20.2. The molecule has 1 heterocycles. The molecule has 0 unspecified atom stereocenters. The van der Waals surface area contributed by atoms with Crippen LogP contribution in [0.1, 0.15) is 31.2 Å². The Hall–Kier alpha value is -3.09. The van der Waals surface area contributed by atoms with Gasteiger partial charge in [-0.15, -0.1) is 0 Å². The van der Waals surface area contributed by atoms with Crippen LogP contribution in [-0.2, 0) is 16.1 Å². The maximum Gasteiger partial charge on any atom is 0.231 e. The van der Waals surface area contributed by atoms with Crippen molar-refractivity contribution in [1.82, 2.24) is 5.32 Å². The Balaban J connectivity index is 1.25. The Morgan fingerprint density at radius 3 is 2.38 bits per heavy atom. The fourth-order valence-electron chi connectivity index (χ4n) is 3.80. The highest BCUT2D eigenvalue weighted by Gasteiger charge is 2.30. The largest absolute Gasteiger partial charge is 0.454 e. The van der Waals surface area contributed by atoms with E-state index in [1.807, 2.05) is 0 Å². The van der Waals surface area contributed by atoms with E-state index < -0.39 is 0 Å². The second-order valence-electron chi connectivity index (χ2n) is 7.42. The van der Waals surface area contributed by atoms with Crippen LogP contribution in [0.3, 0.4) is 0 Å². The van der Waals surface area contributed by atoms with Crippen LogP contribution in [0, 0.1) is 17.7 Å². The molecule has 2 amide bonds. The average molecular weight is 398 g/mol. The molecule has 0 radical (unpaired) electrons. The number of hydrogen-bond donors (Lipinski definition) is 2. The third-order valence-electron chi connectivity index (χ3n) is 5.52. The molecule has 4 rings (SSSR count). The zero-order valence-corrected chi connectivity index (χ0v) is 15.9. The predicted octanol–water partition coefficient (Wildman–Crippen LogP) is 3.62. The van der Waals surface area contributed by atoms with E-state index in [4.69, 9.17) is 9.47 Å². The number of nitrogens with one attached hydrogen (secondary N) is 2. The second-order valence-corrected chi connectivity index (χ2v) is 7.42. The Morgan fingerprint density at radius 2 is 1.62 bits per heavy atom. The molecule has 1 aliphatic carbocycles. The Labute approximate surface area is 168 Å². The van der Waals surface area contributed by atoms with Gasteiger partial charge in [0.2, 0.25) is 18.6 Å². The van der Waals surface area contributed by atoms with Crippen molar-refractivity contribution in [3.63, 3.8) is 0 Å². The van der Waals surface area contributed by atoms with Crippen LogP contribution < -0.4 is 20.1 Å². The maximum atomic E-state index is 13.7. The summed E-state index contributed by atoms with van der Waals surface area (Å²) in [5.41, 5.74) is 1.14. The lowest BCUT2D eigenvalue weighted by Crippen LogP contribution is -2.35. The summed E-state index contributed by atoms with van der Waals surface area (Å²) < 4.78 is 24.3. The number of benzene rings is 2. The van der Waals surface area contributed by atoms with E-state index in [1.165, 1.54) is 6.07 Å². The summed E-state index contributed by atoms with van der Waals surface area (Å²) in [4.78, 5) is 25.0. The molecule has 152 valence electrons. The van der Waals surface area contributed by atoms with Gasteiger partial charge in [-0.05, 0) is 43.9 Å². The van der Waals surface area contributed by atoms with E-state index >= 15 is 0 Å². The van der Waals surface area contributed by atoms with Crippen molar-refractivity contribution in [2.75, 3.05) is 12.1 Å². The van der Waals surface area contributed by atoms with E-state index in [0.717, 1.165) is 0 Å². The monoisotopic (exact) mass is 398 g/mol. The smallest absolute Gasteiger partial charge is 0.231 e. The van der Waals surface area contributed by atoms with Crippen molar-refractivity contribution < 1.29 is 23.5 Å². The van der Waals surface area contributed by atoms with Gasteiger partial charge in [0.05, 0.1) is 0 Å². The molecule has 29 heavy (non-hydrogen) atoms. The van der Waals surface area contributed by atoms with Crippen molar-refractivity contribution in [3.8, 4) is 11.5 Å². The SMILES string of the molecule is O=C(NCc1ccccc1F)C1CCC(C(=O)Nc2ccc3c(c2)OCO3)CC1. The number of carbonyl (C=O) groups excluding carboxylic acids is 2. The zero-order chi connectivity index (χ0) is 20.2. The number of carbonyl (C=O) groups is 2. The highest BCUT2D eigenvalue weighted by molar-refractivity contribution is 5.93. The van der Waals surface area contributed by atoms with Crippen LogP contribution in [0.2, 0.25) is 0 Å². The molecule has 2 aromatic rings. The molecular weight excluding hydrogens is 375 g/mol. The zero-order valence-electron chi connectivity index (χ0n) is 15.9. The van der Waals surface area contributed by atoms with Crippen LogP contribution in [0.4, 0.5) is 10.1 Å². The topological polar surface area (TPSA) is 76.7 Å². The molecule has 1 fully saturated rings. The fourth-order valence-corrected chi connectivity index (χ4v) is 3.80. The van der Waals surface area contributed by atoms with Gasteiger partial charge in [0.15, 0.2) is 11.5 Å². The summed E-state index contributed by atoms with van der Waals surface area (Å²) in [6.07, 6.45) is 2.58. The quantitative estimate of drug-likeness (QED) is 0.807. The number of fused-ring (bicyclic) bond motifs is 1. The van der Waals surface area contributed by atoms with Gasteiger partial charge < -0.3 is 20.1 Å². The van der Waals surface area contributed by atoms with E-state index in [2.05, 4.69) is 10.6 Å². The first-order chi connectivity index (χ1) is 14.1. The number of hydrogen-bond acceptors (Lipinski definition) is 4. The van der Waals surface area contributed by atoms with Gasteiger partial charge in [0.1, 0.15) is 5.82 Å². The van der Waals surface area contributed by atoms with Crippen LogP contribution in [0.25, 0.3) is 0 Å². The van der Waals surface area contributed by atoms with Crippen LogP contribution >= 0.6 is 0 Å². The molecule has 0 saturated heterocycles. The Morgan fingerprint density at radius 1 is 0.931 bits per heavy atom. The molecule has 1 aliphatic heterocycles. The van der Waals surface area contributed by atoms with Gasteiger partial charge in [-0.25, -0.2) is 4.39 Å². The van der Waals surface area contributed by atoms with Gasteiger partial charge >= 0.3 is 0 Å². The lowest BCUT2D eigenvalue weighted by Gasteiger charge is -2.27. The van der Waals surface area contributed by atoms with Crippen molar-refractivity contribution >= 4 is 17.5 Å². The third kappa shape index (κ3) is 4.50. The maximum absolute atomic E-state index is 13.7. The predicted molar refractivity (Wildman–Crippen MR) is 105 cm³/mol. The van der Waals surface area contributed by atoms with Crippen LogP contribution in [0.5, 0.6) is 11.5 Å². The Bertz CT molecular complexity index is 909. The number of halogens is 1. The number of rotatable bonds is 5. The summed E-state index contributed by atoms with van der Waals surface area (Å²) in [6.45, 7) is 0.367. The molecule has 2 aliphatic rings. The lowest BCUT2D eigenvalue weighted by molar-refractivity contribution is -0.128. The first-order valence-electron chi connectivity index (χ1n) is 9.82. The molecular formula is C22H23FN2O4. The third-order valence-corrected chi connectivity index (χ3v) is 5.52. The number of amides is 2. The summed E-state index contributed by atoms with van der Waals surface area (Å²) in [5, 5.41) is 5.73. The van der Waals surface area contributed by atoms with Crippen molar-refractivity contribution in [2.24, 2.45) is 11.8 Å². The van der Waals surface area contributed by atoms with Crippen LogP contribution in [0.15, 0.2) is 42.5 Å². The summed E-state index contributed by atoms with van der Waals surface area (Å²) in [7, 11) is 0. The van der Waals surface area contributed by atoms with Gasteiger partial charge in [-0.2, -0.15) is 0 Å². The molecule has 2 N–H and O–H groups in total. The lowest BCUT2D eigenvalue weighted by atomic mass is 9.81. The summed E-state index contributed by atoms with van der Waals surface area (Å²) in [6, 6.07) is 11.7. The van der Waals surface area contributed by atoms with Crippen molar-refractivity contribution in [3.05, 3.63) is 53.8 Å². The summed E-state index contributed by atoms with van der Waals surface area (Å²) in [5.74, 6) is 0.573. The minimum Gasteiger partial charge on any atom is -0.454 e. The van der Waals surface area contributed by atoms with Crippen LogP contribution in [-0.4, -0.2) is 18.6 Å². The number of anilines is 1. The first-order valence-corrected chi connectivity index (χ1v) is 9.82. The highest BCUT2D eigenvalue weighted by atomic mass is 19.1. The second kappa shape index (κ2) is 8.51. The minimum absolute atomic E-state index is 0.0471.